The zero-order chi connectivity index (χ0) is 22.6. The van der Waals surface area contributed by atoms with Gasteiger partial charge < -0.3 is 14.2 Å². The molecule has 0 spiro atoms. The Morgan fingerprint density at radius 3 is 2.53 bits per heavy atom. The Bertz CT molecular complexity index is 1000. The fourth-order valence-corrected chi connectivity index (χ4v) is 4.50. The van der Waals surface area contributed by atoms with Crippen LogP contribution < -0.4 is 0 Å². The van der Waals surface area contributed by atoms with E-state index >= 15 is 0 Å². The molecule has 0 aromatic heterocycles. The Morgan fingerprint density at radius 1 is 1.06 bits per heavy atom. The van der Waals surface area contributed by atoms with Crippen LogP contribution in [0.1, 0.15) is 91.6 Å². The van der Waals surface area contributed by atoms with E-state index < -0.39 is 0 Å². The zero-order valence-electron chi connectivity index (χ0n) is 19.3. The topological polar surface area (TPSA) is 44.8 Å². The molecule has 1 heterocycles. The lowest BCUT2D eigenvalue weighted by Crippen LogP contribution is -2.31. The van der Waals surface area contributed by atoms with Gasteiger partial charge in [0.15, 0.2) is 6.29 Å². The van der Waals surface area contributed by atoms with Crippen LogP contribution in [0, 0.1) is 11.8 Å². The van der Waals surface area contributed by atoms with Crippen LogP contribution in [0.15, 0.2) is 42.5 Å². The lowest BCUT2D eigenvalue weighted by molar-refractivity contribution is -0.193. The molecule has 1 saturated heterocycles. The number of hydrogen-bond acceptors (Lipinski definition) is 4. The summed E-state index contributed by atoms with van der Waals surface area (Å²) in [4.78, 5) is 11.8. The number of carbonyl (C=O) groups is 1. The maximum atomic E-state index is 11.8. The highest BCUT2D eigenvalue weighted by Crippen LogP contribution is 2.44. The van der Waals surface area contributed by atoms with Crippen molar-refractivity contribution in [2.75, 3.05) is 13.2 Å². The monoisotopic (exact) mass is 432 g/mol. The minimum Gasteiger partial charge on any atom is -0.462 e. The van der Waals surface area contributed by atoms with Crippen molar-refractivity contribution in [3.8, 4) is 11.8 Å². The van der Waals surface area contributed by atoms with Gasteiger partial charge in [0.05, 0.1) is 18.3 Å². The molecule has 1 fully saturated rings. The molecule has 2 aromatic rings. The number of rotatable bonds is 4. The van der Waals surface area contributed by atoms with Gasteiger partial charge in [0.1, 0.15) is 0 Å². The third-order valence-electron chi connectivity index (χ3n) is 6.36. The van der Waals surface area contributed by atoms with E-state index in [1.165, 1.54) is 11.1 Å². The molecule has 32 heavy (non-hydrogen) atoms. The highest BCUT2D eigenvalue weighted by Gasteiger charge is 2.34. The van der Waals surface area contributed by atoms with E-state index in [2.05, 4.69) is 43.9 Å². The number of hydrogen-bond donors (Lipinski definition) is 0. The molecule has 0 unspecified atom stereocenters. The van der Waals surface area contributed by atoms with Crippen molar-refractivity contribution in [1.29, 1.82) is 0 Å². The first kappa shape index (κ1) is 22.6. The SMILES string of the molecule is CCOC(=O)c1ccc(C#Cc2ccc3c(c2)[C@H](O[C@H]2CCCCO2)CCC3(C)C)cc1. The Morgan fingerprint density at radius 2 is 1.81 bits per heavy atom. The Kier molecular flexibility index (Phi) is 6.98. The molecule has 0 bridgehead atoms. The van der Waals surface area contributed by atoms with Crippen LogP contribution in [0.4, 0.5) is 0 Å². The molecule has 0 radical (unpaired) electrons. The molecule has 4 rings (SSSR count). The smallest absolute Gasteiger partial charge is 0.338 e. The summed E-state index contributed by atoms with van der Waals surface area (Å²) in [7, 11) is 0. The van der Waals surface area contributed by atoms with Gasteiger partial charge in [-0.1, -0.05) is 31.8 Å². The fourth-order valence-electron chi connectivity index (χ4n) is 4.50. The van der Waals surface area contributed by atoms with Crippen LogP contribution in [0.25, 0.3) is 0 Å². The number of ether oxygens (including phenoxy) is 3. The first-order valence-corrected chi connectivity index (χ1v) is 11.7. The summed E-state index contributed by atoms with van der Waals surface area (Å²) >= 11 is 0. The molecule has 168 valence electrons. The highest BCUT2D eigenvalue weighted by atomic mass is 16.7. The maximum absolute atomic E-state index is 11.8. The average Bonchev–Trinajstić information content (AvgIpc) is 2.81. The Labute approximate surface area is 191 Å². The molecule has 2 aliphatic rings. The van der Waals surface area contributed by atoms with Crippen LogP contribution in [-0.4, -0.2) is 25.5 Å². The van der Waals surface area contributed by atoms with Crippen molar-refractivity contribution in [3.05, 3.63) is 70.3 Å². The quantitative estimate of drug-likeness (QED) is 0.444. The summed E-state index contributed by atoms with van der Waals surface area (Å²) < 4.78 is 17.3. The average molecular weight is 433 g/mol. The lowest BCUT2D eigenvalue weighted by Gasteiger charge is -2.38. The van der Waals surface area contributed by atoms with Crippen LogP contribution in [-0.2, 0) is 19.6 Å². The number of carbonyl (C=O) groups excluding carboxylic acids is 1. The van der Waals surface area contributed by atoms with Gasteiger partial charge in [0.25, 0.3) is 0 Å². The van der Waals surface area contributed by atoms with Gasteiger partial charge in [-0.3, -0.25) is 0 Å². The first-order chi connectivity index (χ1) is 15.5. The summed E-state index contributed by atoms with van der Waals surface area (Å²) in [6.07, 6.45) is 5.28. The van der Waals surface area contributed by atoms with Crippen molar-refractivity contribution < 1.29 is 19.0 Å². The zero-order valence-corrected chi connectivity index (χ0v) is 19.3. The summed E-state index contributed by atoms with van der Waals surface area (Å²) in [5.41, 5.74) is 5.07. The molecule has 1 aliphatic carbocycles. The van der Waals surface area contributed by atoms with E-state index in [0.29, 0.717) is 12.2 Å². The Balaban J connectivity index is 1.55. The van der Waals surface area contributed by atoms with Gasteiger partial charge in [0, 0.05) is 17.7 Å². The number of esters is 1. The number of benzene rings is 2. The first-order valence-electron chi connectivity index (χ1n) is 11.7. The fraction of sp³-hybridized carbons (Fsp3) is 0.464. The summed E-state index contributed by atoms with van der Waals surface area (Å²) in [5, 5.41) is 0. The molecule has 0 N–H and O–H groups in total. The van der Waals surface area contributed by atoms with E-state index in [1.807, 2.05) is 12.1 Å². The van der Waals surface area contributed by atoms with E-state index in [0.717, 1.165) is 49.8 Å². The number of fused-ring (bicyclic) bond motifs is 1. The second kappa shape index (κ2) is 9.90. The molecule has 4 heteroatoms. The molecule has 0 amide bonds. The van der Waals surface area contributed by atoms with Crippen LogP contribution in [0.2, 0.25) is 0 Å². The summed E-state index contributed by atoms with van der Waals surface area (Å²) in [6, 6.07) is 13.7. The molecular weight excluding hydrogens is 400 g/mol. The lowest BCUT2D eigenvalue weighted by atomic mass is 9.71. The largest absolute Gasteiger partial charge is 0.462 e. The van der Waals surface area contributed by atoms with Crippen LogP contribution >= 0.6 is 0 Å². The van der Waals surface area contributed by atoms with Gasteiger partial charge in [-0.2, -0.15) is 0 Å². The summed E-state index contributed by atoms with van der Waals surface area (Å²) in [5.74, 6) is 6.19. The molecule has 2 aromatic carbocycles. The van der Waals surface area contributed by atoms with Gasteiger partial charge in [-0.15, -0.1) is 0 Å². The molecule has 4 nitrogen and oxygen atoms in total. The third kappa shape index (κ3) is 5.23. The Hall–Kier alpha value is -2.61. The van der Waals surface area contributed by atoms with E-state index in [1.54, 1.807) is 19.1 Å². The minimum absolute atomic E-state index is 0.0479. The van der Waals surface area contributed by atoms with Gasteiger partial charge in [-0.25, -0.2) is 4.79 Å². The van der Waals surface area contributed by atoms with Crippen molar-refractivity contribution in [1.82, 2.24) is 0 Å². The van der Waals surface area contributed by atoms with Gasteiger partial charge in [0.2, 0.25) is 0 Å². The van der Waals surface area contributed by atoms with Crippen molar-refractivity contribution in [2.45, 2.75) is 70.7 Å². The second-order valence-electron chi connectivity index (χ2n) is 9.19. The van der Waals surface area contributed by atoms with E-state index in [9.17, 15) is 4.79 Å². The normalized spacial score (nSPS) is 21.7. The standard InChI is InChI=1S/C28H32O4/c1-4-30-27(29)22-13-10-20(11-14-22)8-9-21-12-15-24-23(19-21)25(16-17-28(24,2)3)32-26-7-5-6-18-31-26/h10-15,19,25-26H,4-7,16-18H2,1-3H3/t25-,26+/m1/s1. The second-order valence-corrected chi connectivity index (χ2v) is 9.19. The highest BCUT2D eigenvalue weighted by molar-refractivity contribution is 5.89. The van der Waals surface area contributed by atoms with Crippen molar-refractivity contribution in [3.63, 3.8) is 0 Å². The predicted molar refractivity (Wildman–Crippen MR) is 124 cm³/mol. The predicted octanol–water partition coefficient (Wildman–Crippen LogP) is 5.92. The van der Waals surface area contributed by atoms with E-state index in [4.69, 9.17) is 14.2 Å². The van der Waals surface area contributed by atoms with Gasteiger partial charge >= 0.3 is 5.97 Å². The van der Waals surface area contributed by atoms with E-state index in [-0.39, 0.29) is 23.8 Å². The van der Waals surface area contributed by atoms with Crippen molar-refractivity contribution in [2.24, 2.45) is 0 Å². The minimum atomic E-state index is -0.308. The van der Waals surface area contributed by atoms with Gasteiger partial charge in [-0.05, 0) is 92.0 Å². The maximum Gasteiger partial charge on any atom is 0.338 e. The molecule has 0 saturated carbocycles. The molecule has 2 atom stereocenters. The third-order valence-corrected chi connectivity index (χ3v) is 6.36. The molecule has 1 aliphatic heterocycles. The summed E-state index contributed by atoms with van der Waals surface area (Å²) in [6.45, 7) is 7.56. The van der Waals surface area contributed by atoms with Crippen LogP contribution in [0.3, 0.4) is 0 Å². The molecular formula is C28H32O4. The van der Waals surface area contributed by atoms with Crippen LogP contribution in [0.5, 0.6) is 0 Å². The van der Waals surface area contributed by atoms with Crippen molar-refractivity contribution >= 4 is 5.97 Å².